The Hall–Kier alpha value is -2.93. The molecule has 0 aliphatic carbocycles. The van der Waals surface area contributed by atoms with Crippen molar-refractivity contribution in [2.45, 2.75) is 20.8 Å². The highest BCUT2D eigenvalue weighted by Crippen LogP contribution is 2.24. The van der Waals surface area contributed by atoms with E-state index in [2.05, 4.69) is 10.3 Å². The maximum Gasteiger partial charge on any atom is 0.342 e. The summed E-state index contributed by atoms with van der Waals surface area (Å²) in [7, 11) is 0. The van der Waals surface area contributed by atoms with Crippen LogP contribution in [0.4, 0.5) is 5.69 Å². The van der Waals surface area contributed by atoms with Gasteiger partial charge in [0.15, 0.2) is 6.61 Å². The maximum atomic E-state index is 12.1. The van der Waals surface area contributed by atoms with Crippen LogP contribution >= 0.6 is 11.3 Å². The Labute approximate surface area is 154 Å². The number of aromatic nitrogens is 1. The van der Waals surface area contributed by atoms with Crippen molar-refractivity contribution in [1.29, 1.82) is 0 Å². The molecule has 2 heterocycles. The minimum Gasteiger partial charge on any atom is -0.466 e. The number of amides is 1. The van der Waals surface area contributed by atoms with Gasteiger partial charge in [-0.2, -0.15) is 0 Å². The van der Waals surface area contributed by atoms with Gasteiger partial charge >= 0.3 is 5.97 Å². The normalized spacial score (nSPS) is 10.6. The van der Waals surface area contributed by atoms with Gasteiger partial charge in [0.1, 0.15) is 17.1 Å². The lowest BCUT2D eigenvalue weighted by atomic mass is 10.1. The first-order chi connectivity index (χ1) is 12.4. The summed E-state index contributed by atoms with van der Waals surface area (Å²) in [5.74, 6) is 0.0937. The van der Waals surface area contributed by atoms with Crippen molar-refractivity contribution in [1.82, 2.24) is 4.98 Å². The Bertz CT molecular complexity index is 958. The molecule has 1 amide bonds. The van der Waals surface area contributed by atoms with Crippen LogP contribution in [0.3, 0.4) is 0 Å². The molecule has 2 aromatic heterocycles. The number of nitrogens with one attached hydrogen (secondary N) is 1. The number of ether oxygens (including phenoxy) is 1. The Balaban J connectivity index is 1.60. The van der Waals surface area contributed by atoms with Gasteiger partial charge in [0.05, 0.1) is 10.7 Å². The fraction of sp³-hybridized carbons (Fsp3) is 0.211. The SMILES string of the molecule is Cc1cc(C(=O)OCC(=O)Nc2cccc(-c3csc(C)n3)c2)c(C)o1. The van der Waals surface area contributed by atoms with E-state index in [1.807, 2.05) is 30.5 Å². The molecule has 7 heteroatoms. The molecule has 0 aliphatic rings. The molecule has 0 saturated carbocycles. The summed E-state index contributed by atoms with van der Waals surface area (Å²) in [6.07, 6.45) is 0. The number of aryl methyl sites for hydroxylation is 3. The van der Waals surface area contributed by atoms with E-state index in [4.69, 9.17) is 9.15 Å². The van der Waals surface area contributed by atoms with Crippen molar-refractivity contribution in [2.75, 3.05) is 11.9 Å². The van der Waals surface area contributed by atoms with E-state index in [1.54, 1.807) is 37.3 Å². The van der Waals surface area contributed by atoms with Crippen molar-refractivity contribution in [3.05, 3.63) is 57.8 Å². The molecule has 0 saturated heterocycles. The Morgan fingerprint density at radius 2 is 2.04 bits per heavy atom. The molecule has 0 atom stereocenters. The first-order valence-electron chi connectivity index (χ1n) is 7.99. The molecule has 0 spiro atoms. The van der Waals surface area contributed by atoms with Gasteiger partial charge in [0.25, 0.3) is 5.91 Å². The Morgan fingerprint density at radius 1 is 1.23 bits per heavy atom. The summed E-state index contributed by atoms with van der Waals surface area (Å²) in [5, 5.41) is 5.67. The van der Waals surface area contributed by atoms with Gasteiger partial charge in [-0.25, -0.2) is 9.78 Å². The molecule has 0 radical (unpaired) electrons. The zero-order valence-electron chi connectivity index (χ0n) is 14.7. The summed E-state index contributed by atoms with van der Waals surface area (Å²) in [6.45, 7) is 4.99. The summed E-state index contributed by atoms with van der Waals surface area (Å²) in [4.78, 5) is 28.5. The largest absolute Gasteiger partial charge is 0.466 e. The monoisotopic (exact) mass is 370 g/mol. The van der Waals surface area contributed by atoms with Gasteiger partial charge < -0.3 is 14.5 Å². The summed E-state index contributed by atoms with van der Waals surface area (Å²) >= 11 is 1.57. The van der Waals surface area contributed by atoms with Crippen LogP contribution in [-0.4, -0.2) is 23.5 Å². The number of benzene rings is 1. The van der Waals surface area contributed by atoms with Crippen LogP contribution in [0, 0.1) is 20.8 Å². The molecule has 1 aromatic carbocycles. The molecule has 3 aromatic rings. The van der Waals surface area contributed by atoms with Crippen molar-refractivity contribution >= 4 is 28.9 Å². The number of esters is 1. The van der Waals surface area contributed by atoms with Crippen LogP contribution in [0.5, 0.6) is 0 Å². The van der Waals surface area contributed by atoms with Crippen molar-refractivity contribution < 1.29 is 18.7 Å². The summed E-state index contributed by atoms with van der Waals surface area (Å²) in [5.41, 5.74) is 2.72. The van der Waals surface area contributed by atoms with E-state index in [-0.39, 0.29) is 6.61 Å². The topological polar surface area (TPSA) is 81.4 Å². The fourth-order valence-electron chi connectivity index (χ4n) is 2.49. The van der Waals surface area contributed by atoms with Gasteiger partial charge in [-0.3, -0.25) is 4.79 Å². The minimum absolute atomic E-state index is 0.330. The second-order valence-corrected chi connectivity index (χ2v) is 6.85. The fourth-order valence-corrected chi connectivity index (χ4v) is 3.11. The number of anilines is 1. The third-order valence-electron chi connectivity index (χ3n) is 3.66. The quantitative estimate of drug-likeness (QED) is 0.683. The number of hydrogen-bond acceptors (Lipinski definition) is 6. The van der Waals surface area contributed by atoms with E-state index in [0.29, 0.717) is 22.8 Å². The molecule has 1 N–H and O–H groups in total. The van der Waals surface area contributed by atoms with Gasteiger partial charge in [-0.15, -0.1) is 11.3 Å². The van der Waals surface area contributed by atoms with E-state index in [1.165, 1.54) is 0 Å². The van der Waals surface area contributed by atoms with Crippen molar-refractivity contribution in [2.24, 2.45) is 0 Å². The van der Waals surface area contributed by atoms with E-state index < -0.39 is 11.9 Å². The predicted octanol–water partition coefficient (Wildman–Crippen LogP) is 4.12. The molecule has 6 nitrogen and oxygen atoms in total. The first-order valence-corrected chi connectivity index (χ1v) is 8.87. The lowest BCUT2D eigenvalue weighted by Gasteiger charge is -2.07. The number of carbonyl (C=O) groups is 2. The Morgan fingerprint density at radius 3 is 2.69 bits per heavy atom. The molecule has 0 aliphatic heterocycles. The van der Waals surface area contributed by atoms with Gasteiger partial charge in [0.2, 0.25) is 0 Å². The number of hydrogen-bond donors (Lipinski definition) is 1. The highest BCUT2D eigenvalue weighted by Gasteiger charge is 2.16. The zero-order valence-corrected chi connectivity index (χ0v) is 15.5. The number of carbonyl (C=O) groups excluding carboxylic acids is 2. The van der Waals surface area contributed by atoms with Crippen LogP contribution < -0.4 is 5.32 Å². The second kappa shape index (κ2) is 7.53. The summed E-state index contributed by atoms with van der Waals surface area (Å²) < 4.78 is 10.3. The maximum absolute atomic E-state index is 12.1. The number of thiazole rings is 1. The third-order valence-corrected chi connectivity index (χ3v) is 4.43. The van der Waals surface area contributed by atoms with Crippen LogP contribution in [0.1, 0.15) is 26.9 Å². The predicted molar refractivity (Wildman–Crippen MR) is 99.4 cm³/mol. The average Bonchev–Trinajstić information content (AvgIpc) is 3.18. The minimum atomic E-state index is -0.582. The highest BCUT2D eigenvalue weighted by molar-refractivity contribution is 7.09. The van der Waals surface area contributed by atoms with E-state index >= 15 is 0 Å². The average molecular weight is 370 g/mol. The lowest BCUT2D eigenvalue weighted by molar-refractivity contribution is -0.119. The van der Waals surface area contributed by atoms with Gasteiger partial charge in [-0.1, -0.05) is 12.1 Å². The first kappa shape index (κ1) is 17.9. The standard InChI is InChI=1S/C19H18N2O4S/c1-11-7-16(12(2)25-11)19(23)24-9-18(22)21-15-6-4-5-14(8-15)17-10-26-13(3)20-17/h4-8,10H,9H2,1-3H3,(H,21,22). The molecule has 0 bridgehead atoms. The molecule has 3 rings (SSSR count). The molecule has 0 unspecified atom stereocenters. The van der Waals surface area contributed by atoms with E-state index in [0.717, 1.165) is 16.3 Å². The lowest BCUT2D eigenvalue weighted by Crippen LogP contribution is -2.21. The summed E-state index contributed by atoms with van der Waals surface area (Å²) in [6, 6.07) is 8.95. The number of nitrogens with zero attached hydrogens (tertiary/aromatic N) is 1. The van der Waals surface area contributed by atoms with Gasteiger partial charge in [0, 0.05) is 16.6 Å². The molecular formula is C19H18N2O4S. The third kappa shape index (κ3) is 4.18. The van der Waals surface area contributed by atoms with Crippen molar-refractivity contribution in [3.8, 4) is 11.3 Å². The van der Waals surface area contributed by atoms with Crippen LogP contribution in [0.15, 0.2) is 40.1 Å². The molecule has 134 valence electrons. The molecular weight excluding hydrogens is 352 g/mol. The zero-order chi connectivity index (χ0) is 18.7. The van der Waals surface area contributed by atoms with Crippen LogP contribution in [-0.2, 0) is 9.53 Å². The molecule has 26 heavy (non-hydrogen) atoms. The Kier molecular flexibility index (Phi) is 5.18. The van der Waals surface area contributed by atoms with Crippen molar-refractivity contribution in [3.63, 3.8) is 0 Å². The molecule has 0 fully saturated rings. The number of furan rings is 1. The van der Waals surface area contributed by atoms with Crippen LogP contribution in [0.2, 0.25) is 0 Å². The van der Waals surface area contributed by atoms with Gasteiger partial charge in [-0.05, 0) is 39.0 Å². The second-order valence-electron chi connectivity index (χ2n) is 5.78. The van der Waals surface area contributed by atoms with Crippen LogP contribution in [0.25, 0.3) is 11.3 Å². The smallest absolute Gasteiger partial charge is 0.342 e. The number of rotatable bonds is 5. The highest BCUT2D eigenvalue weighted by atomic mass is 32.1. The van der Waals surface area contributed by atoms with E-state index in [9.17, 15) is 9.59 Å².